The maximum absolute atomic E-state index is 3.53. The number of nitrogens with one attached hydrogen (secondary N) is 1. The fraction of sp³-hybridized carbons (Fsp3) is 0.857. The molecule has 0 radical (unpaired) electrons. The van der Waals surface area contributed by atoms with Gasteiger partial charge in [0, 0.05) is 12.6 Å². The van der Waals surface area contributed by atoms with Gasteiger partial charge < -0.3 is 10.2 Å². The highest BCUT2D eigenvalue weighted by Crippen LogP contribution is 1.99. The van der Waals surface area contributed by atoms with Crippen molar-refractivity contribution < 1.29 is 0 Å². The zero-order valence-corrected chi connectivity index (χ0v) is 11.8. The van der Waals surface area contributed by atoms with Crippen LogP contribution in [0.15, 0.2) is 11.6 Å². The summed E-state index contributed by atoms with van der Waals surface area (Å²) >= 11 is 0. The smallest absolute Gasteiger partial charge is 0.0139 e. The molecular formula is C14H30N2. The molecule has 0 amide bonds. The van der Waals surface area contributed by atoms with Crippen LogP contribution >= 0.6 is 0 Å². The number of hydrogen-bond donors (Lipinski definition) is 1. The van der Waals surface area contributed by atoms with E-state index in [-0.39, 0.29) is 0 Å². The maximum atomic E-state index is 3.53. The predicted molar refractivity (Wildman–Crippen MR) is 73.9 cm³/mol. The van der Waals surface area contributed by atoms with E-state index in [4.69, 9.17) is 0 Å². The fourth-order valence-corrected chi connectivity index (χ4v) is 1.73. The zero-order chi connectivity index (χ0) is 12.4. The average Bonchev–Trinajstić information content (AvgIpc) is 2.24. The van der Waals surface area contributed by atoms with Gasteiger partial charge in [-0.2, -0.15) is 0 Å². The molecule has 0 saturated carbocycles. The minimum Gasteiger partial charge on any atom is -0.311 e. The molecule has 0 rings (SSSR count). The molecule has 0 heterocycles. The summed E-state index contributed by atoms with van der Waals surface area (Å²) in [6.07, 6.45) is 4.82. The lowest BCUT2D eigenvalue weighted by Crippen LogP contribution is -2.29. The quantitative estimate of drug-likeness (QED) is 0.608. The van der Waals surface area contributed by atoms with E-state index in [0.29, 0.717) is 6.04 Å². The lowest BCUT2D eigenvalue weighted by Gasteiger charge is -2.19. The number of allylic oxidation sites excluding steroid dienone is 1. The monoisotopic (exact) mass is 226 g/mol. The van der Waals surface area contributed by atoms with Crippen LogP contribution in [0.4, 0.5) is 0 Å². The number of nitrogens with zero attached hydrogens (tertiary/aromatic N) is 1. The van der Waals surface area contributed by atoms with Crippen LogP contribution in [0.5, 0.6) is 0 Å². The fourth-order valence-electron chi connectivity index (χ4n) is 1.73. The van der Waals surface area contributed by atoms with Gasteiger partial charge in [0.25, 0.3) is 0 Å². The van der Waals surface area contributed by atoms with Crippen molar-refractivity contribution in [1.29, 1.82) is 0 Å². The van der Waals surface area contributed by atoms with E-state index in [1.54, 1.807) is 0 Å². The summed E-state index contributed by atoms with van der Waals surface area (Å²) in [6.45, 7) is 15.6. The standard InChI is InChI=1S/C14H30N2/c1-6-16(7-2)12-8-9-14(5)15-11-10-13(3)4/h10,14-15H,6-9,11-12H2,1-5H3. The lowest BCUT2D eigenvalue weighted by atomic mass is 10.1. The van der Waals surface area contributed by atoms with Gasteiger partial charge in [-0.05, 0) is 53.2 Å². The minimum atomic E-state index is 0.631. The average molecular weight is 226 g/mol. The van der Waals surface area contributed by atoms with E-state index in [1.165, 1.54) is 38.0 Å². The third-order valence-electron chi connectivity index (χ3n) is 2.98. The van der Waals surface area contributed by atoms with Crippen molar-refractivity contribution in [2.75, 3.05) is 26.2 Å². The summed E-state index contributed by atoms with van der Waals surface area (Å²) < 4.78 is 0. The molecule has 1 atom stereocenters. The van der Waals surface area contributed by atoms with Crippen molar-refractivity contribution in [1.82, 2.24) is 10.2 Å². The Kier molecular flexibility index (Phi) is 9.65. The van der Waals surface area contributed by atoms with E-state index >= 15 is 0 Å². The van der Waals surface area contributed by atoms with Crippen molar-refractivity contribution in [3.05, 3.63) is 11.6 Å². The summed E-state index contributed by atoms with van der Waals surface area (Å²) in [6, 6.07) is 0.631. The molecule has 16 heavy (non-hydrogen) atoms. The topological polar surface area (TPSA) is 15.3 Å². The molecule has 0 fully saturated rings. The van der Waals surface area contributed by atoms with E-state index in [0.717, 1.165) is 6.54 Å². The molecule has 2 nitrogen and oxygen atoms in total. The molecule has 0 aliphatic carbocycles. The molecule has 1 N–H and O–H groups in total. The van der Waals surface area contributed by atoms with Crippen molar-refractivity contribution >= 4 is 0 Å². The molecule has 0 aliphatic heterocycles. The van der Waals surface area contributed by atoms with Crippen LogP contribution in [0.2, 0.25) is 0 Å². The maximum Gasteiger partial charge on any atom is 0.0139 e. The molecule has 0 bridgehead atoms. The van der Waals surface area contributed by atoms with E-state index in [9.17, 15) is 0 Å². The zero-order valence-electron chi connectivity index (χ0n) is 11.8. The van der Waals surface area contributed by atoms with Crippen LogP contribution < -0.4 is 5.32 Å². The highest BCUT2D eigenvalue weighted by atomic mass is 15.1. The summed E-state index contributed by atoms with van der Waals surface area (Å²) in [7, 11) is 0. The first-order valence-electron chi connectivity index (χ1n) is 6.69. The summed E-state index contributed by atoms with van der Waals surface area (Å²) in [5.74, 6) is 0. The highest BCUT2D eigenvalue weighted by Gasteiger charge is 2.02. The third-order valence-corrected chi connectivity index (χ3v) is 2.98. The summed E-state index contributed by atoms with van der Waals surface area (Å²) in [4.78, 5) is 2.49. The molecule has 0 aromatic carbocycles. The molecule has 0 aliphatic rings. The summed E-state index contributed by atoms with van der Waals surface area (Å²) in [5.41, 5.74) is 1.39. The van der Waals surface area contributed by atoms with Crippen molar-refractivity contribution in [3.8, 4) is 0 Å². The van der Waals surface area contributed by atoms with Crippen LogP contribution in [-0.2, 0) is 0 Å². The molecule has 2 heteroatoms. The van der Waals surface area contributed by atoms with Gasteiger partial charge in [0.15, 0.2) is 0 Å². The van der Waals surface area contributed by atoms with E-state index in [1.807, 2.05) is 0 Å². The van der Waals surface area contributed by atoms with Crippen LogP contribution in [0.25, 0.3) is 0 Å². The van der Waals surface area contributed by atoms with Gasteiger partial charge >= 0.3 is 0 Å². The van der Waals surface area contributed by atoms with Gasteiger partial charge in [0.1, 0.15) is 0 Å². The predicted octanol–water partition coefficient (Wildman–Crippen LogP) is 3.05. The van der Waals surface area contributed by atoms with Gasteiger partial charge in [-0.15, -0.1) is 0 Å². The Labute approximate surface area is 102 Å². The van der Waals surface area contributed by atoms with Gasteiger partial charge in [0.2, 0.25) is 0 Å². The first-order valence-corrected chi connectivity index (χ1v) is 6.69. The Morgan fingerprint density at radius 3 is 2.38 bits per heavy atom. The molecule has 0 saturated heterocycles. The second-order valence-electron chi connectivity index (χ2n) is 4.76. The van der Waals surface area contributed by atoms with Crippen molar-refractivity contribution in [2.24, 2.45) is 0 Å². The van der Waals surface area contributed by atoms with Gasteiger partial charge in [-0.3, -0.25) is 0 Å². The van der Waals surface area contributed by atoms with Gasteiger partial charge in [-0.1, -0.05) is 25.5 Å². The molecule has 96 valence electrons. The number of rotatable bonds is 9. The van der Waals surface area contributed by atoms with Crippen LogP contribution in [0.1, 0.15) is 47.5 Å². The first-order chi connectivity index (χ1) is 7.60. The van der Waals surface area contributed by atoms with E-state index in [2.05, 4.69) is 50.9 Å². The summed E-state index contributed by atoms with van der Waals surface area (Å²) in [5, 5.41) is 3.53. The largest absolute Gasteiger partial charge is 0.311 e. The van der Waals surface area contributed by atoms with Crippen molar-refractivity contribution in [2.45, 2.75) is 53.5 Å². The Hall–Kier alpha value is -0.340. The Morgan fingerprint density at radius 1 is 1.25 bits per heavy atom. The first kappa shape index (κ1) is 15.7. The minimum absolute atomic E-state index is 0.631. The molecule has 0 spiro atoms. The molecule has 0 aromatic rings. The lowest BCUT2D eigenvalue weighted by molar-refractivity contribution is 0.291. The number of hydrogen-bond acceptors (Lipinski definition) is 2. The Morgan fingerprint density at radius 2 is 1.88 bits per heavy atom. The molecule has 1 unspecified atom stereocenters. The molecule has 0 aromatic heterocycles. The van der Waals surface area contributed by atoms with Gasteiger partial charge in [-0.25, -0.2) is 0 Å². The van der Waals surface area contributed by atoms with E-state index < -0.39 is 0 Å². The second kappa shape index (κ2) is 9.86. The normalized spacial score (nSPS) is 12.9. The van der Waals surface area contributed by atoms with Crippen LogP contribution in [0.3, 0.4) is 0 Å². The molecular weight excluding hydrogens is 196 g/mol. The highest BCUT2D eigenvalue weighted by molar-refractivity contribution is 4.94. The van der Waals surface area contributed by atoms with Crippen molar-refractivity contribution in [3.63, 3.8) is 0 Å². The SMILES string of the molecule is CCN(CC)CCCC(C)NCC=C(C)C. The van der Waals surface area contributed by atoms with Gasteiger partial charge in [0.05, 0.1) is 0 Å². The van der Waals surface area contributed by atoms with Crippen LogP contribution in [-0.4, -0.2) is 37.1 Å². The Bertz CT molecular complexity index is 179. The Balaban J connectivity index is 3.50. The van der Waals surface area contributed by atoms with Crippen LogP contribution in [0, 0.1) is 0 Å². The second-order valence-corrected chi connectivity index (χ2v) is 4.76. The third kappa shape index (κ3) is 8.93.